The molecule has 28 heavy (non-hydrogen) atoms. The quantitative estimate of drug-likeness (QED) is 0.583. The molecule has 3 aromatic heterocycles. The summed E-state index contributed by atoms with van der Waals surface area (Å²) in [6, 6.07) is 12.2. The van der Waals surface area contributed by atoms with Gasteiger partial charge in [-0.25, -0.2) is 9.67 Å². The molecule has 0 saturated heterocycles. The lowest BCUT2D eigenvalue weighted by atomic mass is 10.0. The van der Waals surface area contributed by atoms with E-state index in [2.05, 4.69) is 51.7 Å². The normalized spacial score (nSPS) is 11.1. The molecule has 0 unspecified atom stereocenters. The molecule has 0 spiro atoms. The zero-order chi connectivity index (χ0) is 19.7. The first-order valence-corrected chi connectivity index (χ1v) is 9.15. The van der Waals surface area contributed by atoms with Crippen LogP contribution in [0.25, 0.3) is 22.2 Å². The number of hydrogen-bond acceptors (Lipinski definition) is 4. The number of pyridine rings is 1. The summed E-state index contributed by atoms with van der Waals surface area (Å²) in [6.45, 7) is 4.52. The predicted molar refractivity (Wildman–Crippen MR) is 107 cm³/mol. The fraction of sp³-hybridized carbons (Fsp3) is 0.238. The molecule has 7 heteroatoms. The number of hydrogen-bond donors (Lipinski definition) is 1. The summed E-state index contributed by atoms with van der Waals surface area (Å²) < 4.78 is 3.37. The van der Waals surface area contributed by atoms with Gasteiger partial charge in [-0.15, -0.1) is 0 Å². The summed E-state index contributed by atoms with van der Waals surface area (Å²) in [5.41, 5.74) is 5.78. The molecule has 1 amide bonds. The zero-order valence-electron chi connectivity index (χ0n) is 16.2. The summed E-state index contributed by atoms with van der Waals surface area (Å²) in [7, 11) is 1.85. The van der Waals surface area contributed by atoms with Crippen molar-refractivity contribution in [1.82, 2.24) is 29.9 Å². The van der Waals surface area contributed by atoms with E-state index in [1.807, 2.05) is 32.3 Å². The van der Waals surface area contributed by atoms with Gasteiger partial charge in [0.05, 0.1) is 17.9 Å². The van der Waals surface area contributed by atoms with E-state index in [4.69, 9.17) is 0 Å². The Hall–Kier alpha value is -3.48. The van der Waals surface area contributed by atoms with Crippen LogP contribution in [0, 0.1) is 13.8 Å². The topological polar surface area (TPSA) is 77.6 Å². The first kappa shape index (κ1) is 17.9. The average molecular weight is 374 g/mol. The summed E-state index contributed by atoms with van der Waals surface area (Å²) in [6.07, 6.45) is 3.61. The average Bonchev–Trinajstić information content (AvgIpc) is 3.24. The van der Waals surface area contributed by atoms with Gasteiger partial charge in [0.15, 0.2) is 5.65 Å². The van der Waals surface area contributed by atoms with Gasteiger partial charge in [0.1, 0.15) is 6.54 Å². The van der Waals surface area contributed by atoms with Gasteiger partial charge < -0.3 is 5.32 Å². The molecule has 0 aliphatic rings. The molecule has 3 heterocycles. The molecule has 0 aliphatic carbocycles. The Kier molecular flexibility index (Phi) is 4.65. The predicted octanol–water partition coefficient (Wildman–Crippen LogP) is 2.77. The van der Waals surface area contributed by atoms with Crippen molar-refractivity contribution in [3.8, 4) is 11.1 Å². The van der Waals surface area contributed by atoms with Crippen molar-refractivity contribution in [2.75, 3.05) is 0 Å². The number of amides is 1. The summed E-state index contributed by atoms with van der Waals surface area (Å²) in [5.74, 6) is -0.127. The second-order valence-corrected chi connectivity index (χ2v) is 6.92. The molecular formula is C21H22N6O. The fourth-order valence-corrected chi connectivity index (χ4v) is 3.30. The van der Waals surface area contributed by atoms with Gasteiger partial charge in [0.25, 0.3) is 0 Å². The largest absolute Gasteiger partial charge is 0.349 e. The lowest BCUT2D eigenvalue weighted by Gasteiger charge is -2.06. The number of carbonyl (C=O) groups is 1. The fourth-order valence-electron chi connectivity index (χ4n) is 3.30. The molecule has 1 N–H and O–H groups in total. The van der Waals surface area contributed by atoms with Crippen LogP contribution in [0.2, 0.25) is 0 Å². The van der Waals surface area contributed by atoms with E-state index in [9.17, 15) is 4.79 Å². The first-order chi connectivity index (χ1) is 13.5. The Bertz CT molecular complexity index is 1140. The molecule has 0 saturated carbocycles. The molecule has 0 radical (unpaired) electrons. The number of rotatable bonds is 5. The third kappa shape index (κ3) is 3.51. The minimum absolute atomic E-state index is 0.113. The van der Waals surface area contributed by atoms with E-state index < -0.39 is 0 Å². The van der Waals surface area contributed by atoms with Gasteiger partial charge in [-0.1, -0.05) is 29.8 Å². The van der Waals surface area contributed by atoms with Crippen LogP contribution in [0.1, 0.15) is 17.0 Å². The number of aryl methyl sites for hydroxylation is 3. The highest BCUT2D eigenvalue weighted by Gasteiger charge is 2.16. The van der Waals surface area contributed by atoms with Gasteiger partial charge in [-0.05, 0) is 37.1 Å². The third-order valence-corrected chi connectivity index (χ3v) is 4.70. The first-order valence-electron chi connectivity index (χ1n) is 9.15. The Morgan fingerprint density at radius 1 is 1.07 bits per heavy atom. The standard InChI is InChI=1S/C21H22N6O/c1-14-4-6-16(7-5-14)18-8-10-22-21-20(18)15(2)24-27(21)13-19(28)23-12-17-9-11-26(3)25-17/h4-11H,12-13H2,1-3H3,(H,23,28). The van der Waals surface area contributed by atoms with Gasteiger partial charge in [-0.3, -0.25) is 9.48 Å². The highest BCUT2D eigenvalue weighted by Crippen LogP contribution is 2.29. The van der Waals surface area contributed by atoms with E-state index in [0.717, 1.165) is 27.9 Å². The van der Waals surface area contributed by atoms with Crippen LogP contribution in [0.5, 0.6) is 0 Å². The molecular weight excluding hydrogens is 352 g/mol. The minimum Gasteiger partial charge on any atom is -0.349 e. The Balaban J connectivity index is 1.59. The second kappa shape index (κ2) is 7.26. The van der Waals surface area contributed by atoms with E-state index in [0.29, 0.717) is 12.2 Å². The molecule has 0 atom stereocenters. The Morgan fingerprint density at radius 3 is 2.57 bits per heavy atom. The highest BCUT2D eigenvalue weighted by atomic mass is 16.2. The zero-order valence-corrected chi connectivity index (χ0v) is 16.2. The summed E-state index contributed by atoms with van der Waals surface area (Å²) >= 11 is 0. The molecule has 142 valence electrons. The smallest absolute Gasteiger partial charge is 0.242 e. The summed E-state index contributed by atoms with van der Waals surface area (Å²) in [5, 5.41) is 12.7. The number of nitrogens with one attached hydrogen (secondary N) is 1. The van der Waals surface area contributed by atoms with Gasteiger partial charge in [-0.2, -0.15) is 10.2 Å². The molecule has 0 aliphatic heterocycles. The number of nitrogens with zero attached hydrogens (tertiary/aromatic N) is 5. The maximum atomic E-state index is 12.4. The maximum absolute atomic E-state index is 12.4. The molecule has 0 fully saturated rings. The van der Waals surface area contributed by atoms with Crippen molar-refractivity contribution in [1.29, 1.82) is 0 Å². The third-order valence-electron chi connectivity index (χ3n) is 4.70. The Labute approximate surface area is 163 Å². The van der Waals surface area contributed by atoms with Crippen molar-refractivity contribution in [3.05, 3.63) is 65.7 Å². The lowest BCUT2D eigenvalue weighted by molar-refractivity contribution is -0.121. The number of aromatic nitrogens is 5. The van der Waals surface area contributed by atoms with Crippen molar-refractivity contribution < 1.29 is 4.79 Å². The molecule has 4 rings (SSSR count). The number of fused-ring (bicyclic) bond motifs is 1. The van der Waals surface area contributed by atoms with Crippen molar-refractivity contribution in [3.63, 3.8) is 0 Å². The van der Waals surface area contributed by atoms with Gasteiger partial charge in [0.2, 0.25) is 5.91 Å². The van der Waals surface area contributed by atoms with Crippen LogP contribution >= 0.6 is 0 Å². The summed E-state index contributed by atoms with van der Waals surface area (Å²) in [4.78, 5) is 16.9. The number of benzene rings is 1. The van der Waals surface area contributed by atoms with Crippen LogP contribution in [0.3, 0.4) is 0 Å². The van der Waals surface area contributed by atoms with E-state index in [1.165, 1.54) is 5.56 Å². The Morgan fingerprint density at radius 2 is 1.86 bits per heavy atom. The van der Waals surface area contributed by atoms with Gasteiger partial charge >= 0.3 is 0 Å². The van der Waals surface area contributed by atoms with Gasteiger partial charge in [0, 0.05) is 24.8 Å². The molecule has 1 aromatic carbocycles. The highest BCUT2D eigenvalue weighted by molar-refractivity contribution is 5.95. The SMILES string of the molecule is Cc1ccc(-c2ccnc3c2c(C)nn3CC(=O)NCc2ccn(C)n2)cc1. The van der Waals surface area contributed by atoms with Crippen LogP contribution in [0.15, 0.2) is 48.8 Å². The second-order valence-electron chi connectivity index (χ2n) is 6.92. The van der Waals surface area contributed by atoms with Crippen LogP contribution in [-0.4, -0.2) is 30.5 Å². The monoisotopic (exact) mass is 374 g/mol. The van der Waals surface area contributed by atoms with Crippen molar-refractivity contribution in [2.45, 2.75) is 26.9 Å². The molecule has 0 bridgehead atoms. The van der Waals surface area contributed by atoms with Crippen molar-refractivity contribution in [2.24, 2.45) is 7.05 Å². The van der Waals surface area contributed by atoms with Crippen LogP contribution in [-0.2, 0) is 24.9 Å². The van der Waals surface area contributed by atoms with E-state index >= 15 is 0 Å². The van der Waals surface area contributed by atoms with Crippen LogP contribution < -0.4 is 5.32 Å². The van der Waals surface area contributed by atoms with Crippen molar-refractivity contribution >= 4 is 16.9 Å². The lowest BCUT2D eigenvalue weighted by Crippen LogP contribution is -2.27. The number of carbonyl (C=O) groups excluding carboxylic acids is 1. The molecule has 4 aromatic rings. The maximum Gasteiger partial charge on any atom is 0.242 e. The van der Waals surface area contributed by atoms with E-state index in [1.54, 1.807) is 15.6 Å². The molecule has 7 nitrogen and oxygen atoms in total. The minimum atomic E-state index is -0.127. The van der Waals surface area contributed by atoms with Crippen LogP contribution in [0.4, 0.5) is 0 Å². The van der Waals surface area contributed by atoms with E-state index in [-0.39, 0.29) is 12.5 Å².